The van der Waals surface area contributed by atoms with Crippen molar-refractivity contribution in [1.29, 1.82) is 0 Å². The Labute approximate surface area is 125 Å². The largest absolute Gasteiger partial charge is 0.461 e. The number of esters is 1. The highest BCUT2D eigenvalue weighted by atomic mass is 16.5. The van der Waals surface area contributed by atoms with Crippen LogP contribution in [0.1, 0.15) is 23.3 Å². The standard InChI is InChI=1S/C14H13N5O3/c1-2-21-14(20)11-8-19(18-15-11)9-12-16-17-13(22-12)10-6-4-3-5-7-10/h3-8H,2,9H2,1H3. The molecule has 0 saturated heterocycles. The van der Waals surface area contributed by atoms with Crippen molar-refractivity contribution in [3.05, 3.63) is 48.1 Å². The van der Waals surface area contributed by atoms with Crippen molar-refractivity contribution < 1.29 is 13.9 Å². The van der Waals surface area contributed by atoms with Crippen LogP contribution in [0.4, 0.5) is 0 Å². The molecule has 0 fully saturated rings. The number of ether oxygens (including phenoxy) is 1. The van der Waals surface area contributed by atoms with Crippen LogP contribution in [0.2, 0.25) is 0 Å². The molecule has 0 saturated carbocycles. The minimum absolute atomic E-state index is 0.143. The number of carbonyl (C=O) groups excluding carboxylic acids is 1. The van der Waals surface area contributed by atoms with E-state index in [1.165, 1.54) is 10.9 Å². The first-order chi connectivity index (χ1) is 10.8. The summed E-state index contributed by atoms with van der Waals surface area (Å²) >= 11 is 0. The van der Waals surface area contributed by atoms with Gasteiger partial charge in [0, 0.05) is 5.56 Å². The van der Waals surface area contributed by atoms with E-state index in [-0.39, 0.29) is 18.8 Å². The second-order valence-electron chi connectivity index (χ2n) is 4.39. The lowest BCUT2D eigenvalue weighted by molar-refractivity contribution is 0.0519. The zero-order valence-corrected chi connectivity index (χ0v) is 11.8. The van der Waals surface area contributed by atoms with Crippen LogP contribution in [-0.4, -0.2) is 37.8 Å². The molecule has 0 unspecified atom stereocenters. The molecule has 0 radical (unpaired) electrons. The van der Waals surface area contributed by atoms with Gasteiger partial charge in [0.05, 0.1) is 12.8 Å². The zero-order chi connectivity index (χ0) is 15.4. The molecule has 112 valence electrons. The molecule has 8 nitrogen and oxygen atoms in total. The zero-order valence-electron chi connectivity index (χ0n) is 11.8. The fourth-order valence-electron chi connectivity index (χ4n) is 1.83. The molecule has 2 aromatic heterocycles. The minimum atomic E-state index is -0.510. The number of carbonyl (C=O) groups is 1. The normalized spacial score (nSPS) is 10.6. The van der Waals surface area contributed by atoms with Gasteiger partial charge in [-0.2, -0.15) is 0 Å². The molecule has 0 atom stereocenters. The van der Waals surface area contributed by atoms with Crippen LogP contribution in [0, 0.1) is 0 Å². The number of hydrogen-bond donors (Lipinski definition) is 0. The van der Waals surface area contributed by atoms with Crippen LogP contribution in [0.15, 0.2) is 40.9 Å². The molecule has 3 aromatic rings. The molecule has 0 aliphatic carbocycles. The van der Waals surface area contributed by atoms with Crippen molar-refractivity contribution in [1.82, 2.24) is 25.2 Å². The van der Waals surface area contributed by atoms with E-state index in [0.29, 0.717) is 11.8 Å². The van der Waals surface area contributed by atoms with Gasteiger partial charge < -0.3 is 9.15 Å². The third-order valence-corrected chi connectivity index (χ3v) is 2.81. The van der Waals surface area contributed by atoms with Gasteiger partial charge in [-0.05, 0) is 19.1 Å². The summed E-state index contributed by atoms with van der Waals surface area (Å²) in [6, 6.07) is 9.45. The highest BCUT2D eigenvalue weighted by molar-refractivity contribution is 5.86. The van der Waals surface area contributed by atoms with Gasteiger partial charge in [-0.1, -0.05) is 23.4 Å². The fraction of sp³-hybridized carbons (Fsp3) is 0.214. The van der Waals surface area contributed by atoms with Crippen LogP contribution >= 0.6 is 0 Å². The van der Waals surface area contributed by atoms with Crippen molar-refractivity contribution >= 4 is 5.97 Å². The molecular weight excluding hydrogens is 286 g/mol. The van der Waals surface area contributed by atoms with E-state index in [1.807, 2.05) is 30.3 Å². The summed E-state index contributed by atoms with van der Waals surface area (Å²) in [5.41, 5.74) is 0.983. The minimum Gasteiger partial charge on any atom is -0.461 e. The predicted molar refractivity (Wildman–Crippen MR) is 74.8 cm³/mol. The topological polar surface area (TPSA) is 95.9 Å². The van der Waals surface area contributed by atoms with E-state index in [2.05, 4.69) is 20.5 Å². The Bertz CT molecular complexity index is 766. The SMILES string of the molecule is CCOC(=O)c1cn(Cc2nnc(-c3ccccc3)o2)nn1. The molecule has 2 heterocycles. The predicted octanol–water partition coefficient (Wildman–Crippen LogP) is 1.55. The van der Waals surface area contributed by atoms with E-state index in [1.54, 1.807) is 6.92 Å². The number of benzene rings is 1. The lowest BCUT2D eigenvalue weighted by atomic mass is 10.2. The van der Waals surface area contributed by atoms with E-state index >= 15 is 0 Å². The average molecular weight is 299 g/mol. The number of rotatable bonds is 5. The first-order valence-corrected chi connectivity index (χ1v) is 6.71. The first-order valence-electron chi connectivity index (χ1n) is 6.71. The van der Waals surface area contributed by atoms with Gasteiger partial charge in [0.25, 0.3) is 0 Å². The number of nitrogens with zero attached hydrogens (tertiary/aromatic N) is 5. The quantitative estimate of drug-likeness (QED) is 0.659. The molecule has 0 N–H and O–H groups in total. The summed E-state index contributed by atoms with van der Waals surface area (Å²) in [4.78, 5) is 11.5. The van der Waals surface area contributed by atoms with Gasteiger partial charge in [0.2, 0.25) is 11.8 Å². The Hall–Kier alpha value is -3.03. The summed E-state index contributed by atoms with van der Waals surface area (Å²) in [5, 5.41) is 15.5. The van der Waals surface area contributed by atoms with E-state index < -0.39 is 5.97 Å². The first kappa shape index (κ1) is 13.9. The van der Waals surface area contributed by atoms with E-state index in [9.17, 15) is 4.79 Å². The third-order valence-electron chi connectivity index (χ3n) is 2.81. The molecule has 0 aliphatic heterocycles. The number of aromatic nitrogens is 5. The lowest BCUT2D eigenvalue weighted by Gasteiger charge is -1.95. The molecule has 22 heavy (non-hydrogen) atoms. The molecule has 1 aromatic carbocycles. The smallest absolute Gasteiger partial charge is 0.360 e. The van der Waals surface area contributed by atoms with Crippen molar-refractivity contribution in [3.63, 3.8) is 0 Å². The maximum Gasteiger partial charge on any atom is 0.360 e. The Morgan fingerprint density at radius 3 is 2.82 bits per heavy atom. The Morgan fingerprint density at radius 2 is 2.05 bits per heavy atom. The summed E-state index contributed by atoms with van der Waals surface area (Å²) in [6.07, 6.45) is 1.48. The van der Waals surface area contributed by atoms with Crippen molar-refractivity contribution in [2.75, 3.05) is 6.61 Å². The van der Waals surface area contributed by atoms with E-state index in [4.69, 9.17) is 9.15 Å². The Morgan fingerprint density at radius 1 is 1.23 bits per heavy atom. The van der Waals surface area contributed by atoms with Gasteiger partial charge in [-0.15, -0.1) is 15.3 Å². The second kappa shape index (κ2) is 6.17. The molecule has 0 bridgehead atoms. The highest BCUT2D eigenvalue weighted by Gasteiger charge is 2.14. The molecule has 0 amide bonds. The maximum atomic E-state index is 11.5. The lowest BCUT2D eigenvalue weighted by Crippen LogP contribution is -2.05. The third kappa shape index (κ3) is 3.00. The van der Waals surface area contributed by atoms with Crippen molar-refractivity contribution in [2.45, 2.75) is 13.5 Å². The molecular formula is C14H13N5O3. The van der Waals surface area contributed by atoms with Crippen LogP contribution in [-0.2, 0) is 11.3 Å². The van der Waals surface area contributed by atoms with Gasteiger partial charge in [-0.25, -0.2) is 9.48 Å². The Kier molecular flexibility index (Phi) is 3.90. The fourth-order valence-corrected chi connectivity index (χ4v) is 1.83. The van der Waals surface area contributed by atoms with Crippen LogP contribution < -0.4 is 0 Å². The highest BCUT2D eigenvalue weighted by Crippen LogP contribution is 2.17. The van der Waals surface area contributed by atoms with Crippen LogP contribution in [0.5, 0.6) is 0 Å². The summed E-state index contributed by atoms with van der Waals surface area (Å²) in [6.45, 7) is 2.24. The van der Waals surface area contributed by atoms with Crippen molar-refractivity contribution in [3.8, 4) is 11.5 Å². The summed E-state index contributed by atoms with van der Waals surface area (Å²) in [7, 11) is 0. The van der Waals surface area contributed by atoms with Gasteiger partial charge in [0.1, 0.15) is 6.54 Å². The van der Waals surface area contributed by atoms with Gasteiger partial charge in [-0.3, -0.25) is 0 Å². The maximum absolute atomic E-state index is 11.5. The van der Waals surface area contributed by atoms with Crippen LogP contribution in [0.25, 0.3) is 11.5 Å². The summed E-state index contributed by atoms with van der Waals surface area (Å²) in [5.74, 6) is 0.296. The average Bonchev–Trinajstić information content (AvgIpc) is 3.18. The number of hydrogen-bond acceptors (Lipinski definition) is 7. The van der Waals surface area contributed by atoms with E-state index in [0.717, 1.165) is 5.56 Å². The monoisotopic (exact) mass is 299 g/mol. The van der Waals surface area contributed by atoms with Gasteiger partial charge >= 0.3 is 5.97 Å². The second-order valence-corrected chi connectivity index (χ2v) is 4.39. The van der Waals surface area contributed by atoms with Crippen LogP contribution in [0.3, 0.4) is 0 Å². The molecule has 3 rings (SSSR count). The molecule has 0 aliphatic rings. The molecule has 0 spiro atoms. The Balaban J connectivity index is 1.72. The van der Waals surface area contributed by atoms with Gasteiger partial charge in [0.15, 0.2) is 5.69 Å². The molecule has 8 heteroatoms. The summed E-state index contributed by atoms with van der Waals surface area (Å²) < 4.78 is 11.9. The van der Waals surface area contributed by atoms with Crippen molar-refractivity contribution in [2.24, 2.45) is 0 Å².